The minimum absolute atomic E-state index is 0.184. The first kappa shape index (κ1) is 68.2. The highest BCUT2D eigenvalue weighted by atomic mass is 16.7. The number of nitrogens with one attached hydrogen (secondary N) is 1. The standard InChI is InChI=1S/C63H117NO8/c1-3-5-7-9-11-13-15-17-18-19-20-21-22-23-24-25-26-27-28-29-30-31-32-33-34-35-36-37-38-39-40-41-43-45-47-49-51-53-59(67)64-56(55-71-63-62(70)61(69)60(68)58(54-65)72-63)57(66)52-50-48-46-44-42-16-14-12-10-8-6-4-2/h15,17,19-20,42,44,50,52,56-58,60-63,65-66,68-70H,3-14,16,18,21-41,43,45-49,51,53-55H2,1-2H3,(H,64,67)/b17-15-,20-19-,44-42+,52-50+. The van der Waals surface area contributed by atoms with E-state index in [2.05, 4.69) is 55.6 Å². The van der Waals surface area contributed by atoms with E-state index < -0.39 is 49.5 Å². The summed E-state index contributed by atoms with van der Waals surface area (Å²) in [6.07, 6.45) is 63.7. The average molecular weight is 1020 g/mol. The monoisotopic (exact) mass is 1020 g/mol. The van der Waals surface area contributed by atoms with Gasteiger partial charge in [-0.2, -0.15) is 0 Å². The number of allylic oxidation sites excluding steroid dienone is 7. The second kappa shape index (κ2) is 52.6. The number of rotatable bonds is 53. The van der Waals surface area contributed by atoms with Gasteiger partial charge in [-0.25, -0.2) is 0 Å². The molecule has 0 saturated carbocycles. The Hall–Kier alpha value is -1.85. The van der Waals surface area contributed by atoms with Crippen LogP contribution in [-0.2, 0) is 14.3 Å². The van der Waals surface area contributed by atoms with Crippen molar-refractivity contribution in [3.63, 3.8) is 0 Å². The van der Waals surface area contributed by atoms with Crippen LogP contribution >= 0.6 is 0 Å². The first-order valence-corrected chi connectivity index (χ1v) is 30.9. The molecule has 9 nitrogen and oxygen atoms in total. The molecule has 0 aromatic rings. The molecule has 1 heterocycles. The molecule has 422 valence electrons. The van der Waals surface area contributed by atoms with Crippen molar-refractivity contribution < 1.29 is 39.8 Å². The van der Waals surface area contributed by atoms with Gasteiger partial charge in [0.25, 0.3) is 0 Å². The van der Waals surface area contributed by atoms with E-state index in [0.717, 1.165) is 44.9 Å². The smallest absolute Gasteiger partial charge is 0.220 e. The zero-order valence-corrected chi connectivity index (χ0v) is 46.9. The Morgan fingerprint density at radius 1 is 0.472 bits per heavy atom. The summed E-state index contributed by atoms with van der Waals surface area (Å²) in [5.74, 6) is -0.184. The van der Waals surface area contributed by atoms with Gasteiger partial charge in [0, 0.05) is 6.42 Å². The van der Waals surface area contributed by atoms with E-state index in [1.165, 1.54) is 225 Å². The fourth-order valence-corrected chi connectivity index (χ4v) is 9.73. The molecule has 0 aliphatic carbocycles. The lowest BCUT2D eigenvalue weighted by atomic mass is 9.99. The fourth-order valence-electron chi connectivity index (χ4n) is 9.73. The summed E-state index contributed by atoms with van der Waals surface area (Å²) in [6.45, 7) is 3.75. The molecule has 0 spiro atoms. The maximum atomic E-state index is 13.0. The highest BCUT2D eigenvalue weighted by Crippen LogP contribution is 2.23. The van der Waals surface area contributed by atoms with Crippen molar-refractivity contribution >= 4 is 5.91 Å². The molecule has 0 radical (unpaired) electrons. The second-order valence-corrected chi connectivity index (χ2v) is 21.5. The second-order valence-electron chi connectivity index (χ2n) is 21.5. The molecular weight excluding hydrogens is 899 g/mol. The first-order valence-electron chi connectivity index (χ1n) is 30.9. The topological polar surface area (TPSA) is 149 Å². The first-order chi connectivity index (χ1) is 35.3. The van der Waals surface area contributed by atoms with Gasteiger partial charge in [0.15, 0.2) is 6.29 Å². The van der Waals surface area contributed by atoms with Gasteiger partial charge in [-0.3, -0.25) is 4.79 Å². The van der Waals surface area contributed by atoms with Crippen LogP contribution in [0.5, 0.6) is 0 Å². The molecule has 6 N–H and O–H groups in total. The van der Waals surface area contributed by atoms with E-state index in [9.17, 15) is 30.3 Å². The van der Waals surface area contributed by atoms with E-state index in [0.29, 0.717) is 6.42 Å². The van der Waals surface area contributed by atoms with Crippen molar-refractivity contribution in [2.75, 3.05) is 13.2 Å². The van der Waals surface area contributed by atoms with Crippen molar-refractivity contribution in [2.24, 2.45) is 0 Å². The Morgan fingerprint density at radius 3 is 1.25 bits per heavy atom. The maximum absolute atomic E-state index is 13.0. The minimum atomic E-state index is -1.57. The van der Waals surface area contributed by atoms with Crippen LogP contribution in [0.3, 0.4) is 0 Å². The summed E-state index contributed by atoms with van der Waals surface area (Å²) in [5.41, 5.74) is 0. The SMILES string of the molecule is CCCCCCC/C=C\C/C=C\CCCCCCCCCCCCCCCCCCCCCCCCCCCC(=O)NC(COC1OC(CO)C(O)C(O)C1O)C(O)/C=C/CC/C=C/CCCCCCCC. The van der Waals surface area contributed by atoms with Crippen LogP contribution in [0.4, 0.5) is 0 Å². The number of carbonyl (C=O) groups is 1. The number of aliphatic hydroxyl groups excluding tert-OH is 5. The van der Waals surface area contributed by atoms with Crippen LogP contribution in [-0.4, -0.2) is 87.5 Å². The maximum Gasteiger partial charge on any atom is 0.220 e. The Bertz CT molecular complexity index is 1270. The van der Waals surface area contributed by atoms with Crippen molar-refractivity contribution in [3.8, 4) is 0 Å². The van der Waals surface area contributed by atoms with Gasteiger partial charge in [0.05, 0.1) is 25.4 Å². The van der Waals surface area contributed by atoms with Crippen LogP contribution < -0.4 is 5.32 Å². The average Bonchev–Trinajstić information content (AvgIpc) is 3.38. The highest BCUT2D eigenvalue weighted by molar-refractivity contribution is 5.76. The number of unbranched alkanes of at least 4 members (excludes halogenated alkanes) is 37. The third-order valence-corrected chi connectivity index (χ3v) is 14.6. The number of aliphatic hydroxyl groups is 5. The number of hydrogen-bond donors (Lipinski definition) is 6. The van der Waals surface area contributed by atoms with Crippen molar-refractivity contribution in [3.05, 3.63) is 48.6 Å². The molecule has 7 unspecified atom stereocenters. The van der Waals surface area contributed by atoms with Gasteiger partial charge in [-0.05, 0) is 64.2 Å². The lowest BCUT2D eigenvalue weighted by molar-refractivity contribution is -0.302. The third kappa shape index (κ3) is 41.4. The Labute approximate surface area is 444 Å². The molecule has 72 heavy (non-hydrogen) atoms. The lowest BCUT2D eigenvalue weighted by Crippen LogP contribution is -2.60. The quantitative estimate of drug-likeness (QED) is 0.0261. The number of hydrogen-bond acceptors (Lipinski definition) is 8. The summed E-state index contributed by atoms with van der Waals surface area (Å²) in [5, 5.41) is 54.3. The molecule has 9 heteroatoms. The predicted molar refractivity (Wildman–Crippen MR) is 304 cm³/mol. The summed E-state index contributed by atoms with van der Waals surface area (Å²) < 4.78 is 11.2. The molecule has 1 rings (SSSR count). The summed E-state index contributed by atoms with van der Waals surface area (Å²) in [4.78, 5) is 13.0. The molecule has 1 aliphatic rings. The Balaban J connectivity index is 2.05. The minimum Gasteiger partial charge on any atom is -0.394 e. The number of amides is 1. The van der Waals surface area contributed by atoms with Crippen molar-refractivity contribution in [1.29, 1.82) is 0 Å². The van der Waals surface area contributed by atoms with E-state index in [1.54, 1.807) is 6.08 Å². The molecule has 1 fully saturated rings. The number of ether oxygens (including phenoxy) is 2. The van der Waals surface area contributed by atoms with Crippen LogP contribution in [0.2, 0.25) is 0 Å². The van der Waals surface area contributed by atoms with E-state index in [1.807, 2.05) is 6.08 Å². The third-order valence-electron chi connectivity index (χ3n) is 14.6. The van der Waals surface area contributed by atoms with Gasteiger partial charge in [-0.15, -0.1) is 0 Å². The van der Waals surface area contributed by atoms with Crippen LogP contribution in [0.15, 0.2) is 48.6 Å². The van der Waals surface area contributed by atoms with Crippen molar-refractivity contribution in [2.45, 2.75) is 333 Å². The number of carbonyl (C=O) groups excluding carboxylic acids is 1. The Kier molecular flexibility index (Phi) is 49.8. The van der Waals surface area contributed by atoms with Gasteiger partial charge in [0.2, 0.25) is 5.91 Å². The highest BCUT2D eigenvalue weighted by Gasteiger charge is 2.44. The molecule has 0 aromatic carbocycles. The molecule has 1 aliphatic heterocycles. The molecular formula is C63H117NO8. The van der Waals surface area contributed by atoms with Crippen LogP contribution in [0, 0.1) is 0 Å². The largest absolute Gasteiger partial charge is 0.394 e. The van der Waals surface area contributed by atoms with Gasteiger partial charge in [-0.1, -0.05) is 268 Å². The predicted octanol–water partition coefficient (Wildman–Crippen LogP) is 15.7. The molecule has 7 atom stereocenters. The summed E-state index contributed by atoms with van der Waals surface area (Å²) >= 11 is 0. The van der Waals surface area contributed by atoms with Gasteiger partial charge in [0.1, 0.15) is 24.4 Å². The van der Waals surface area contributed by atoms with Gasteiger partial charge >= 0.3 is 0 Å². The molecule has 1 saturated heterocycles. The Morgan fingerprint density at radius 2 is 0.833 bits per heavy atom. The summed E-state index contributed by atoms with van der Waals surface area (Å²) in [6, 6.07) is -0.819. The summed E-state index contributed by atoms with van der Waals surface area (Å²) in [7, 11) is 0. The van der Waals surface area contributed by atoms with Gasteiger partial charge < -0.3 is 40.3 Å². The van der Waals surface area contributed by atoms with E-state index in [-0.39, 0.29) is 12.5 Å². The molecule has 0 bridgehead atoms. The zero-order chi connectivity index (χ0) is 52.2. The molecule has 0 aromatic heterocycles. The van der Waals surface area contributed by atoms with Crippen molar-refractivity contribution in [1.82, 2.24) is 5.32 Å². The zero-order valence-electron chi connectivity index (χ0n) is 46.9. The normalized spacial score (nSPS) is 19.5. The fraction of sp³-hybridized carbons (Fsp3) is 0.857. The lowest BCUT2D eigenvalue weighted by Gasteiger charge is -2.40. The van der Waals surface area contributed by atoms with Crippen LogP contribution in [0.1, 0.15) is 290 Å². The van der Waals surface area contributed by atoms with E-state index >= 15 is 0 Å². The van der Waals surface area contributed by atoms with E-state index in [4.69, 9.17) is 9.47 Å². The van der Waals surface area contributed by atoms with Crippen LogP contribution in [0.25, 0.3) is 0 Å². The molecule has 1 amide bonds.